The average Bonchev–Trinajstić information content (AvgIpc) is 2.81. The van der Waals surface area contributed by atoms with Gasteiger partial charge in [-0.3, -0.25) is 0 Å². The molecule has 2 nitrogen and oxygen atoms in total. The fraction of sp³-hybridized carbons (Fsp3) is 0.778. The van der Waals surface area contributed by atoms with E-state index < -0.39 is 0 Å². The summed E-state index contributed by atoms with van der Waals surface area (Å²) in [7, 11) is 0. The Morgan fingerprint density at radius 1 is 1.55 bits per heavy atom. The lowest BCUT2D eigenvalue weighted by atomic mass is 10.3. The van der Waals surface area contributed by atoms with Crippen LogP contribution in [0.5, 0.6) is 0 Å². The van der Waals surface area contributed by atoms with Crippen LogP contribution >= 0.6 is 0 Å². The quantitative estimate of drug-likeness (QED) is 0.464. The van der Waals surface area contributed by atoms with Crippen LogP contribution in [0.4, 0.5) is 0 Å². The van der Waals surface area contributed by atoms with Gasteiger partial charge in [-0.2, -0.15) is 0 Å². The summed E-state index contributed by atoms with van der Waals surface area (Å²) in [6.07, 6.45) is 4.03. The minimum Gasteiger partial charge on any atom is -0.377 e. The van der Waals surface area contributed by atoms with E-state index in [-0.39, 0.29) is 0 Å². The SMILES string of the molecule is C=C(CN)COCCC1CC1. The van der Waals surface area contributed by atoms with E-state index in [0.29, 0.717) is 13.2 Å². The van der Waals surface area contributed by atoms with E-state index in [0.717, 1.165) is 18.1 Å². The van der Waals surface area contributed by atoms with E-state index in [2.05, 4.69) is 6.58 Å². The molecule has 0 saturated heterocycles. The van der Waals surface area contributed by atoms with Crippen LogP contribution in [-0.4, -0.2) is 19.8 Å². The molecule has 0 aliphatic heterocycles. The molecule has 0 spiro atoms. The first-order valence-electron chi connectivity index (χ1n) is 4.27. The summed E-state index contributed by atoms with van der Waals surface area (Å²) in [4.78, 5) is 0. The van der Waals surface area contributed by atoms with Crippen LogP contribution in [0.15, 0.2) is 12.2 Å². The summed E-state index contributed by atoms with van der Waals surface area (Å²) in [6.45, 7) is 5.82. The zero-order valence-electron chi connectivity index (χ0n) is 7.01. The molecule has 0 atom stereocenters. The van der Waals surface area contributed by atoms with Crippen molar-refractivity contribution in [1.29, 1.82) is 0 Å². The fourth-order valence-corrected chi connectivity index (χ4v) is 0.932. The Labute approximate surface area is 68.4 Å². The van der Waals surface area contributed by atoms with Gasteiger partial charge in [0.05, 0.1) is 6.61 Å². The number of rotatable bonds is 6. The van der Waals surface area contributed by atoms with Crippen molar-refractivity contribution in [1.82, 2.24) is 0 Å². The van der Waals surface area contributed by atoms with Crippen LogP contribution in [0, 0.1) is 5.92 Å². The highest BCUT2D eigenvalue weighted by molar-refractivity contribution is 4.95. The van der Waals surface area contributed by atoms with Gasteiger partial charge in [-0.1, -0.05) is 19.4 Å². The Hall–Kier alpha value is -0.340. The summed E-state index contributed by atoms with van der Waals surface area (Å²) in [5, 5.41) is 0. The highest BCUT2D eigenvalue weighted by Crippen LogP contribution is 2.32. The normalized spacial score (nSPS) is 16.8. The molecule has 0 heterocycles. The molecule has 2 heteroatoms. The molecule has 0 radical (unpaired) electrons. The predicted octanol–water partition coefficient (Wildman–Crippen LogP) is 1.32. The maximum atomic E-state index is 5.36. The highest BCUT2D eigenvalue weighted by Gasteiger charge is 2.20. The van der Waals surface area contributed by atoms with E-state index in [1.165, 1.54) is 19.3 Å². The third-order valence-electron chi connectivity index (χ3n) is 1.96. The second kappa shape index (κ2) is 4.52. The van der Waals surface area contributed by atoms with Gasteiger partial charge in [0.1, 0.15) is 0 Å². The smallest absolute Gasteiger partial charge is 0.0686 e. The largest absolute Gasteiger partial charge is 0.377 e. The molecule has 0 aromatic carbocycles. The molecule has 0 amide bonds. The van der Waals surface area contributed by atoms with Crippen molar-refractivity contribution in [3.63, 3.8) is 0 Å². The first kappa shape index (κ1) is 8.75. The minimum absolute atomic E-state index is 0.545. The first-order valence-corrected chi connectivity index (χ1v) is 4.27. The standard InChI is InChI=1S/C9H17NO/c1-8(6-10)7-11-5-4-9-2-3-9/h9H,1-7,10H2. The molecule has 0 aromatic heterocycles. The Bertz CT molecular complexity index is 130. The predicted molar refractivity (Wildman–Crippen MR) is 46.4 cm³/mol. The van der Waals surface area contributed by atoms with Gasteiger partial charge in [0, 0.05) is 13.2 Å². The second-order valence-electron chi connectivity index (χ2n) is 3.24. The summed E-state index contributed by atoms with van der Waals surface area (Å²) < 4.78 is 5.36. The van der Waals surface area contributed by atoms with Crippen LogP contribution in [-0.2, 0) is 4.74 Å². The fourth-order valence-electron chi connectivity index (χ4n) is 0.932. The lowest BCUT2D eigenvalue weighted by molar-refractivity contribution is 0.149. The van der Waals surface area contributed by atoms with Gasteiger partial charge in [-0.05, 0) is 17.9 Å². The maximum Gasteiger partial charge on any atom is 0.0686 e. The zero-order chi connectivity index (χ0) is 8.10. The Morgan fingerprint density at radius 2 is 2.27 bits per heavy atom. The molecular formula is C9H17NO. The topological polar surface area (TPSA) is 35.2 Å². The van der Waals surface area contributed by atoms with E-state index >= 15 is 0 Å². The monoisotopic (exact) mass is 155 g/mol. The molecular weight excluding hydrogens is 138 g/mol. The lowest BCUT2D eigenvalue weighted by Crippen LogP contribution is -2.08. The third-order valence-corrected chi connectivity index (χ3v) is 1.96. The van der Waals surface area contributed by atoms with Gasteiger partial charge in [0.2, 0.25) is 0 Å². The van der Waals surface area contributed by atoms with Crippen molar-refractivity contribution in [3.8, 4) is 0 Å². The Balaban J connectivity index is 1.82. The number of hydrogen-bond acceptors (Lipinski definition) is 2. The van der Waals surface area contributed by atoms with Crippen molar-refractivity contribution < 1.29 is 4.74 Å². The molecule has 1 aliphatic carbocycles. The van der Waals surface area contributed by atoms with Crippen LogP contribution in [0.3, 0.4) is 0 Å². The van der Waals surface area contributed by atoms with Gasteiger partial charge < -0.3 is 10.5 Å². The van der Waals surface area contributed by atoms with Crippen molar-refractivity contribution in [2.24, 2.45) is 11.7 Å². The van der Waals surface area contributed by atoms with E-state index in [4.69, 9.17) is 10.5 Å². The maximum absolute atomic E-state index is 5.36. The van der Waals surface area contributed by atoms with Gasteiger partial charge >= 0.3 is 0 Å². The molecule has 0 bridgehead atoms. The van der Waals surface area contributed by atoms with Gasteiger partial charge in [-0.15, -0.1) is 0 Å². The van der Waals surface area contributed by atoms with Crippen molar-refractivity contribution in [2.45, 2.75) is 19.3 Å². The molecule has 1 rings (SSSR count). The molecule has 0 unspecified atom stereocenters. The summed E-state index contributed by atoms with van der Waals surface area (Å²) in [5.74, 6) is 0.959. The van der Waals surface area contributed by atoms with Crippen LogP contribution in [0.2, 0.25) is 0 Å². The minimum atomic E-state index is 0.545. The molecule has 64 valence electrons. The summed E-state index contributed by atoms with van der Waals surface area (Å²) in [5.41, 5.74) is 6.33. The van der Waals surface area contributed by atoms with Gasteiger partial charge in [0.25, 0.3) is 0 Å². The molecule has 0 aromatic rings. The highest BCUT2D eigenvalue weighted by atomic mass is 16.5. The molecule has 1 fully saturated rings. The van der Waals surface area contributed by atoms with Crippen molar-refractivity contribution in [2.75, 3.05) is 19.8 Å². The lowest BCUT2D eigenvalue weighted by Gasteiger charge is -2.03. The van der Waals surface area contributed by atoms with Crippen LogP contribution in [0.25, 0.3) is 0 Å². The molecule has 1 aliphatic rings. The zero-order valence-corrected chi connectivity index (χ0v) is 7.01. The molecule has 1 saturated carbocycles. The van der Waals surface area contributed by atoms with Crippen LogP contribution < -0.4 is 5.73 Å². The van der Waals surface area contributed by atoms with E-state index in [1.807, 2.05) is 0 Å². The number of hydrogen-bond donors (Lipinski definition) is 1. The average molecular weight is 155 g/mol. The Kier molecular flexibility index (Phi) is 3.60. The second-order valence-corrected chi connectivity index (χ2v) is 3.24. The first-order chi connectivity index (χ1) is 5.33. The van der Waals surface area contributed by atoms with E-state index in [9.17, 15) is 0 Å². The number of ether oxygens (including phenoxy) is 1. The summed E-state index contributed by atoms with van der Waals surface area (Å²) >= 11 is 0. The van der Waals surface area contributed by atoms with Gasteiger partial charge in [-0.25, -0.2) is 0 Å². The number of nitrogens with two attached hydrogens (primary N) is 1. The van der Waals surface area contributed by atoms with Crippen molar-refractivity contribution >= 4 is 0 Å². The summed E-state index contributed by atoms with van der Waals surface area (Å²) in [6, 6.07) is 0. The van der Waals surface area contributed by atoms with Crippen LogP contribution in [0.1, 0.15) is 19.3 Å². The van der Waals surface area contributed by atoms with E-state index in [1.54, 1.807) is 0 Å². The molecule has 2 N–H and O–H groups in total. The third kappa shape index (κ3) is 4.17. The molecule has 11 heavy (non-hydrogen) atoms. The Morgan fingerprint density at radius 3 is 2.82 bits per heavy atom. The van der Waals surface area contributed by atoms with Crippen molar-refractivity contribution in [3.05, 3.63) is 12.2 Å². The van der Waals surface area contributed by atoms with Gasteiger partial charge in [0.15, 0.2) is 0 Å².